The molecule has 0 radical (unpaired) electrons. The molecule has 0 spiro atoms. The summed E-state index contributed by atoms with van der Waals surface area (Å²) in [6.07, 6.45) is 1.81. The van der Waals surface area contributed by atoms with E-state index >= 15 is 0 Å². The Morgan fingerprint density at radius 1 is 0.968 bits per heavy atom. The predicted octanol–water partition coefficient (Wildman–Crippen LogP) is 5.34. The van der Waals surface area contributed by atoms with Gasteiger partial charge in [-0.1, -0.05) is 48.0 Å². The molecule has 0 bridgehead atoms. The minimum atomic E-state index is -0.349. The highest BCUT2D eigenvalue weighted by Crippen LogP contribution is 2.32. The molecule has 1 amide bonds. The fourth-order valence-corrected chi connectivity index (χ4v) is 3.71. The summed E-state index contributed by atoms with van der Waals surface area (Å²) in [5.74, 6) is -0.592. The SMILES string of the molecule is Cc1ccc(-c2nn(CC(=O)Nc3ccc(F)cc3)c3c2cnc2ccccc23)cc1. The van der Waals surface area contributed by atoms with E-state index in [1.165, 1.54) is 24.3 Å². The second-order valence-electron chi connectivity index (χ2n) is 7.46. The molecule has 0 fully saturated rings. The highest BCUT2D eigenvalue weighted by molar-refractivity contribution is 6.08. The third-order valence-electron chi connectivity index (χ3n) is 5.23. The molecule has 6 heteroatoms. The third kappa shape index (κ3) is 3.64. The number of amides is 1. The molecule has 0 unspecified atom stereocenters. The lowest BCUT2D eigenvalue weighted by Gasteiger charge is -2.07. The van der Waals surface area contributed by atoms with E-state index < -0.39 is 0 Å². The van der Waals surface area contributed by atoms with Crippen LogP contribution in [0.2, 0.25) is 0 Å². The number of benzene rings is 3. The molecule has 0 aliphatic rings. The summed E-state index contributed by atoms with van der Waals surface area (Å²) in [5, 5.41) is 9.41. The number of aromatic nitrogens is 3. The Labute approximate surface area is 178 Å². The molecular weight excluding hydrogens is 391 g/mol. The monoisotopic (exact) mass is 410 g/mol. The molecule has 2 heterocycles. The zero-order chi connectivity index (χ0) is 21.4. The molecule has 5 aromatic rings. The number of nitrogens with zero attached hydrogens (tertiary/aromatic N) is 3. The van der Waals surface area contributed by atoms with Crippen molar-refractivity contribution in [3.63, 3.8) is 0 Å². The van der Waals surface area contributed by atoms with E-state index in [4.69, 9.17) is 5.10 Å². The van der Waals surface area contributed by atoms with Crippen LogP contribution in [0.3, 0.4) is 0 Å². The number of para-hydroxylation sites is 1. The summed E-state index contributed by atoms with van der Waals surface area (Å²) in [6, 6.07) is 21.6. The molecular formula is C25H19FN4O. The molecule has 0 aliphatic carbocycles. The van der Waals surface area contributed by atoms with Gasteiger partial charge in [-0.05, 0) is 37.3 Å². The van der Waals surface area contributed by atoms with E-state index in [1.54, 1.807) is 4.68 Å². The molecule has 0 saturated heterocycles. The lowest BCUT2D eigenvalue weighted by atomic mass is 10.1. The maximum Gasteiger partial charge on any atom is 0.246 e. The van der Waals surface area contributed by atoms with Gasteiger partial charge in [-0.2, -0.15) is 5.10 Å². The number of rotatable bonds is 4. The van der Waals surface area contributed by atoms with Crippen LogP contribution < -0.4 is 5.32 Å². The van der Waals surface area contributed by atoms with Crippen LogP contribution >= 0.6 is 0 Å². The summed E-state index contributed by atoms with van der Waals surface area (Å²) < 4.78 is 14.9. The summed E-state index contributed by atoms with van der Waals surface area (Å²) >= 11 is 0. The highest BCUT2D eigenvalue weighted by Gasteiger charge is 2.17. The van der Waals surface area contributed by atoms with Crippen LogP contribution in [-0.2, 0) is 11.3 Å². The van der Waals surface area contributed by atoms with E-state index in [0.29, 0.717) is 5.69 Å². The summed E-state index contributed by atoms with van der Waals surface area (Å²) in [6.45, 7) is 2.06. The average molecular weight is 410 g/mol. The first-order valence-electron chi connectivity index (χ1n) is 9.95. The van der Waals surface area contributed by atoms with Gasteiger partial charge in [0.15, 0.2) is 0 Å². The Balaban J connectivity index is 1.60. The van der Waals surface area contributed by atoms with Gasteiger partial charge in [0.05, 0.1) is 11.0 Å². The number of fused-ring (bicyclic) bond motifs is 3. The number of nitrogens with one attached hydrogen (secondary N) is 1. The van der Waals surface area contributed by atoms with Gasteiger partial charge < -0.3 is 5.32 Å². The zero-order valence-corrected chi connectivity index (χ0v) is 16.8. The highest BCUT2D eigenvalue weighted by atomic mass is 19.1. The smallest absolute Gasteiger partial charge is 0.246 e. The van der Waals surface area contributed by atoms with Crippen molar-refractivity contribution in [3.05, 3.63) is 90.4 Å². The second kappa shape index (κ2) is 7.65. The van der Waals surface area contributed by atoms with Crippen molar-refractivity contribution < 1.29 is 9.18 Å². The molecule has 3 aromatic carbocycles. The van der Waals surface area contributed by atoms with Crippen molar-refractivity contribution in [3.8, 4) is 11.3 Å². The lowest BCUT2D eigenvalue weighted by molar-refractivity contribution is -0.116. The number of aryl methyl sites for hydroxylation is 1. The number of hydrogen-bond acceptors (Lipinski definition) is 3. The maximum atomic E-state index is 13.1. The van der Waals surface area contributed by atoms with E-state index in [-0.39, 0.29) is 18.3 Å². The number of pyridine rings is 1. The van der Waals surface area contributed by atoms with E-state index in [2.05, 4.69) is 10.3 Å². The van der Waals surface area contributed by atoms with E-state index in [1.807, 2.05) is 61.7 Å². The summed E-state index contributed by atoms with van der Waals surface area (Å²) in [7, 11) is 0. The van der Waals surface area contributed by atoms with Crippen molar-refractivity contribution in [2.45, 2.75) is 13.5 Å². The Bertz CT molecular complexity index is 1410. The first kappa shape index (κ1) is 18.9. The van der Waals surface area contributed by atoms with Crippen molar-refractivity contribution >= 4 is 33.4 Å². The van der Waals surface area contributed by atoms with Crippen LogP contribution in [0.25, 0.3) is 33.1 Å². The maximum absolute atomic E-state index is 13.1. The normalized spacial score (nSPS) is 11.2. The molecule has 31 heavy (non-hydrogen) atoms. The number of halogens is 1. The van der Waals surface area contributed by atoms with Gasteiger partial charge in [0.25, 0.3) is 0 Å². The van der Waals surface area contributed by atoms with Crippen LogP contribution in [0.1, 0.15) is 5.56 Å². The molecule has 2 aromatic heterocycles. The Morgan fingerprint density at radius 2 is 1.71 bits per heavy atom. The van der Waals surface area contributed by atoms with Gasteiger partial charge in [0.2, 0.25) is 5.91 Å². The van der Waals surface area contributed by atoms with Crippen molar-refractivity contribution in [1.29, 1.82) is 0 Å². The summed E-state index contributed by atoms with van der Waals surface area (Å²) in [4.78, 5) is 17.3. The minimum Gasteiger partial charge on any atom is -0.324 e. The molecule has 1 N–H and O–H groups in total. The Hall–Kier alpha value is -4.06. The molecule has 5 rings (SSSR count). The standard InChI is InChI=1S/C25H19FN4O/c1-16-6-8-17(9-7-16)24-21-14-27-22-5-3-2-4-20(22)25(21)30(29-24)15-23(31)28-19-12-10-18(26)11-13-19/h2-14H,15H2,1H3,(H,28,31). The first-order chi connectivity index (χ1) is 15.1. The zero-order valence-electron chi connectivity index (χ0n) is 16.8. The van der Waals surface area contributed by atoms with Crippen LogP contribution in [-0.4, -0.2) is 20.7 Å². The predicted molar refractivity (Wildman–Crippen MR) is 120 cm³/mol. The number of carbonyl (C=O) groups excluding carboxylic acids is 1. The molecule has 152 valence electrons. The van der Waals surface area contributed by atoms with Crippen molar-refractivity contribution in [2.24, 2.45) is 0 Å². The van der Waals surface area contributed by atoms with Crippen LogP contribution in [0, 0.1) is 12.7 Å². The van der Waals surface area contributed by atoms with Crippen LogP contribution in [0.4, 0.5) is 10.1 Å². The summed E-state index contributed by atoms with van der Waals surface area (Å²) in [5.41, 5.74) is 5.14. The lowest BCUT2D eigenvalue weighted by Crippen LogP contribution is -2.19. The topological polar surface area (TPSA) is 59.8 Å². The molecule has 0 atom stereocenters. The molecule has 0 saturated carbocycles. The van der Waals surface area contributed by atoms with Crippen molar-refractivity contribution in [1.82, 2.24) is 14.8 Å². The number of hydrogen-bond donors (Lipinski definition) is 1. The Morgan fingerprint density at radius 3 is 2.48 bits per heavy atom. The number of anilines is 1. The van der Waals surface area contributed by atoms with Crippen LogP contribution in [0.5, 0.6) is 0 Å². The fraction of sp³-hybridized carbons (Fsp3) is 0.0800. The van der Waals surface area contributed by atoms with Crippen LogP contribution in [0.15, 0.2) is 79.0 Å². The largest absolute Gasteiger partial charge is 0.324 e. The Kier molecular flexibility index (Phi) is 4.67. The van der Waals surface area contributed by atoms with E-state index in [0.717, 1.165) is 38.6 Å². The fourth-order valence-electron chi connectivity index (χ4n) is 3.71. The van der Waals surface area contributed by atoms with Gasteiger partial charge >= 0.3 is 0 Å². The second-order valence-corrected chi connectivity index (χ2v) is 7.46. The molecule has 0 aliphatic heterocycles. The van der Waals surface area contributed by atoms with Gasteiger partial charge in [0, 0.05) is 28.2 Å². The van der Waals surface area contributed by atoms with Crippen molar-refractivity contribution in [2.75, 3.05) is 5.32 Å². The van der Waals surface area contributed by atoms with Gasteiger partial charge in [-0.3, -0.25) is 14.5 Å². The third-order valence-corrected chi connectivity index (χ3v) is 5.23. The van der Waals surface area contributed by atoms with E-state index in [9.17, 15) is 9.18 Å². The number of carbonyl (C=O) groups is 1. The van der Waals surface area contributed by atoms with Gasteiger partial charge in [-0.25, -0.2) is 4.39 Å². The minimum absolute atomic E-state index is 0.0216. The average Bonchev–Trinajstić information content (AvgIpc) is 3.14. The van der Waals surface area contributed by atoms with Gasteiger partial charge in [-0.15, -0.1) is 0 Å². The first-order valence-corrected chi connectivity index (χ1v) is 9.95. The molecule has 5 nitrogen and oxygen atoms in total. The van der Waals surface area contributed by atoms with Gasteiger partial charge in [0.1, 0.15) is 18.1 Å². The quantitative estimate of drug-likeness (QED) is 0.435.